The summed E-state index contributed by atoms with van der Waals surface area (Å²) in [6.07, 6.45) is 1.84. The fraction of sp³-hybridized carbons (Fsp3) is 0.257. The van der Waals surface area contributed by atoms with E-state index in [1.54, 1.807) is 55.5 Å². The third kappa shape index (κ3) is 9.04. The lowest BCUT2D eigenvalue weighted by Crippen LogP contribution is -2.53. The van der Waals surface area contributed by atoms with Crippen LogP contribution in [-0.2, 0) is 32.6 Å². The van der Waals surface area contributed by atoms with Crippen molar-refractivity contribution in [2.75, 3.05) is 17.4 Å². The molecule has 11 heteroatoms. The Kier molecular flexibility index (Phi) is 12.5. The summed E-state index contributed by atoms with van der Waals surface area (Å²) in [5, 5.41) is 3.92. The Morgan fingerprint density at radius 3 is 2.15 bits per heavy atom. The van der Waals surface area contributed by atoms with Gasteiger partial charge in [0.2, 0.25) is 11.8 Å². The molecule has 4 aromatic carbocycles. The quantitative estimate of drug-likeness (QED) is 0.137. The van der Waals surface area contributed by atoms with Crippen LogP contribution in [0.15, 0.2) is 102 Å². The van der Waals surface area contributed by atoms with Crippen molar-refractivity contribution in [1.82, 2.24) is 10.2 Å². The molecule has 4 aromatic rings. The lowest BCUT2D eigenvalue weighted by Gasteiger charge is -2.34. The number of anilines is 1. The van der Waals surface area contributed by atoms with Gasteiger partial charge < -0.3 is 10.2 Å². The maximum absolute atomic E-state index is 14.6. The zero-order chi connectivity index (χ0) is 33.3. The van der Waals surface area contributed by atoms with Crippen molar-refractivity contribution in [3.8, 4) is 0 Å². The van der Waals surface area contributed by atoms with Crippen molar-refractivity contribution in [3.63, 3.8) is 0 Å². The topological polar surface area (TPSA) is 86.8 Å². The van der Waals surface area contributed by atoms with E-state index in [0.717, 1.165) is 22.7 Å². The Hall–Kier alpha value is -3.56. The monoisotopic (exact) mass is 699 g/mol. The van der Waals surface area contributed by atoms with Crippen LogP contribution >= 0.6 is 34.8 Å². The molecule has 0 radical (unpaired) electrons. The number of nitrogens with zero attached hydrogens (tertiary/aromatic N) is 2. The minimum absolute atomic E-state index is 0.0105. The predicted octanol–water partition coefficient (Wildman–Crippen LogP) is 7.71. The van der Waals surface area contributed by atoms with Crippen molar-refractivity contribution in [2.45, 2.75) is 50.6 Å². The van der Waals surface area contributed by atoms with Crippen LogP contribution in [0.2, 0.25) is 15.1 Å². The first kappa shape index (κ1) is 35.3. The number of carbonyl (C=O) groups excluding carboxylic acids is 2. The van der Waals surface area contributed by atoms with Crippen molar-refractivity contribution in [2.24, 2.45) is 0 Å². The molecule has 1 N–H and O–H groups in total. The van der Waals surface area contributed by atoms with Crippen LogP contribution < -0.4 is 9.62 Å². The van der Waals surface area contributed by atoms with E-state index < -0.39 is 28.5 Å². The molecule has 0 aromatic heterocycles. The molecular weight excluding hydrogens is 665 g/mol. The van der Waals surface area contributed by atoms with E-state index >= 15 is 0 Å². The number of nitrogens with one attached hydrogen (secondary N) is 1. The molecule has 0 unspecified atom stereocenters. The normalized spacial score (nSPS) is 11.9. The Morgan fingerprint density at radius 2 is 1.50 bits per heavy atom. The van der Waals surface area contributed by atoms with E-state index in [2.05, 4.69) is 5.32 Å². The molecule has 4 rings (SSSR count). The van der Waals surface area contributed by atoms with E-state index in [0.29, 0.717) is 32.7 Å². The Bertz CT molecular complexity index is 1760. The Balaban J connectivity index is 1.82. The minimum atomic E-state index is -4.24. The number of benzene rings is 4. The van der Waals surface area contributed by atoms with Gasteiger partial charge in [0.05, 0.1) is 20.6 Å². The molecule has 0 saturated carbocycles. The highest BCUT2D eigenvalue weighted by Crippen LogP contribution is 2.30. The zero-order valence-electron chi connectivity index (χ0n) is 25.6. The van der Waals surface area contributed by atoms with Crippen molar-refractivity contribution < 1.29 is 18.0 Å². The number of carbonyl (C=O) groups is 2. The maximum Gasteiger partial charge on any atom is 0.264 e. The number of halogens is 3. The van der Waals surface area contributed by atoms with Crippen molar-refractivity contribution in [1.29, 1.82) is 0 Å². The molecule has 0 aliphatic rings. The van der Waals surface area contributed by atoms with Gasteiger partial charge in [-0.1, -0.05) is 109 Å². The number of aryl methyl sites for hydroxylation is 1. The van der Waals surface area contributed by atoms with Gasteiger partial charge in [-0.25, -0.2) is 8.42 Å². The van der Waals surface area contributed by atoms with E-state index in [4.69, 9.17) is 34.8 Å². The summed E-state index contributed by atoms with van der Waals surface area (Å²) < 4.78 is 29.4. The third-order valence-corrected chi connectivity index (χ3v) is 10.2. The predicted molar refractivity (Wildman–Crippen MR) is 186 cm³/mol. The fourth-order valence-electron chi connectivity index (χ4n) is 4.98. The minimum Gasteiger partial charge on any atom is -0.354 e. The average Bonchev–Trinajstić information content (AvgIpc) is 3.05. The lowest BCUT2D eigenvalue weighted by atomic mass is 10.0. The zero-order valence-corrected chi connectivity index (χ0v) is 28.7. The summed E-state index contributed by atoms with van der Waals surface area (Å²) >= 11 is 18.9. The molecule has 0 heterocycles. The molecule has 242 valence electrons. The van der Waals surface area contributed by atoms with Gasteiger partial charge in [0.1, 0.15) is 12.6 Å². The smallest absolute Gasteiger partial charge is 0.264 e. The number of rotatable bonds is 14. The number of hydrogen-bond acceptors (Lipinski definition) is 4. The van der Waals surface area contributed by atoms with Gasteiger partial charge in [-0.15, -0.1) is 0 Å². The Morgan fingerprint density at radius 1 is 0.826 bits per heavy atom. The standard InChI is InChI=1S/C35H36Cl3N3O4S/c1-3-4-19-39-35(43)33(21-26-11-7-5-8-12-26)40(23-27-16-18-30(37)31(38)20-27)34(42)24-41(32-22-28(36)17-15-25(32)2)46(44,45)29-13-9-6-10-14-29/h5-18,20,22,33H,3-4,19,21,23-24H2,1-2H3,(H,39,43)/t33-/m0/s1. The van der Waals surface area contributed by atoms with Crippen LogP contribution in [-0.4, -0.2) is 44.3 Å². The first-order chi connectivity index (χ1) is 22.0. The summed E-state index contributed by atoms with van der Waals surface area (Å²) in [7, 11) is -4.24. The van der Waals surface area contributed by atoms with Crippen LogP contribution in [0.25, 0.3) is 0 Å². The van der Waals surface area contributed by atoms with Crippen LogP contribution in [0.5, 0.6) is 0 Å². The van der Waals surface area contributed by atoms with Crippen LogP contribution in [0.3, 0.4) is 0 Å². The second-order valence-corrected chi connectivity index (χ2v) is 14.0. The molecular formula is C35H36Cl3N3O4S. The number of unbranched alkanes of at least 4 members (excludes halogenated alkanes) is 1. The highest BCUT2D eigenvalue weighted by atomic mass is 35.5. The molecule has 0 bridgehead atoms. The lowest BCUT2D eigenvalue weighted by molar-refractivity contribution is -0.140. The van der Waals surface area contributed by atoms with Gasteiger partial charge in [0, 0.05) is 24.5 Å². The number of hydrogen-bond donors (Lipinski definition) is 1. The highest BCUT2D eigenvalue weighted by molar-refractivity contribution is 7.92. The van der Waals surface area contributed by atoms with Crippen LogP contribution in [0.1, 0.15) is 36.5 Å². The largest absolute Gasteiger partial charge is 0.354 e. The molecule has 2 amide bonds. The second kappa shape index (κ2) is 16.3. The molecule has 0 spiro atoms. The van der Waals surface area contributed by atoms with Gasteiger partial charge in [-0.2, -0.15) is 0 Å². The molecule has 7 nitrogen and oxygen atoms in total. The summed E-state index contributed by atoms with van der Waals surface area (Å²) in [6, 6.07) is 26.1. The van der Waals surface area contributed by atoms with Crippen LogP contribution in [0.4, 0.5) is 5.69 Å². The molecule has 0 aliphatic carbocycles. The van der Waals surface area contributed by atoms with E-state index in [-0.39, 0.29) is 29.5 Å². The average molecular weight is 701 g/mol. The summed E-state index contributed by atoms with van der Waals surface area (Å²) in [5.74, 6) is -0.932. The number of amides is 2. The molecule has 0 aliphatic heterocycles. The van der Waals surface area contributed by atoms with Gasteiger partial charge in [0.25, 0.3) is 10.0 Å². The maximum atomic E-state index is 14.6. The molecule has 1 atom stereocenters. The first-order valence-electron chi connectivity index (χ1n) is 14.9. The fourth-order valence-corrected chi connectivity index (χ4v) is 6.96. The number of sulfonamides is 1. The van der Waals surface area contributed by atoms with Crippen molar-refractivity contribution >= 4 is 62.3 Å². The third-order valence-electron chi connectivity index (χ3n) is 7.49. The van der Waals surface area contributed by atoms with Gasteiger partial charge in [-0.05, 0) is 66.4 Å². The molecule has 0 fully saturated rings. The van der Waals surface area contributed by atoms with Crippen molar-refractivity contribution in [3.05, 3.63) is 129 Å². The van der Waals surface area contributed by atoms with Crippen LogP contribution in [0, 0.1) is 6.92 Å². The molecule has 0 saturated heterocycles. The van der Waals surface area contributed by atoms with Gasteiger partial charge in [0.15, 0.2) is 0 Å². The van der Waals surface area contributed by atoms with E-state index in [1.807, 2.05) is 37.3 Å². The SMILES string of the molecule is CCCCNC(=O)[C@H](Cc1ccccc1)N(Cc1ccc(Cl)c(Cl)c1)C(=O)CN(c1cc(Cl)ccc1C)S(=O)(=O)c1ccccc1. The molecule has 46 heavy (non-hydrogen) atoms. The second-order valence-electron chi connectivity index (χ2n) is 10.9. The summed E-state index contributed by atoms with van der Waals surface area (Å²) in [5.41, 5.74) is 2.32. The van der Waals surface area contributed by atoms with E-state index in [9.17, 15) is 18.0 Å². The highest BCUT2D eigenvalue weighted by Gasteiger charge is 2.35. The van der Waals surface area contributed by atoms with Gasteiger partial charge in [-0.3, -0.25) is 13.9 Å². The summed E-state index contributed by atoms with van der Waals surface area (Å²) in [4.78, 5) is 29.9. The van der Waals surface area contributed by atoms with Gasteiger partial charge >= 0.3 is 0 Å². The van der Waals surface area contributed by atoms with E-state index in [1.165, 1.54) is 23.1 Å². The first-order valence-corrected chi connectivity index (χ1v) is 17.5. The summed E-state index contributed by atoms with van der Waals surface area (Å²) in [6.45, 7) is 3.59. The Labute approximate surface area is 286 Å².